The minimum absolute atomic E-state index is 0.0452. The molecule has 0 radical (unpaired) electrons. The Morgan fingerprint density at radius 1 is 1.10 bits per heavy atom. The van der Waals surface area contributed by atoms with Gasteiger partial charge in [-0.3, -0.25) is 4.79 Å². The number of hydrogen-bond donors (Lipinski definition) is 2. The lowest BCUT2D eigenvalue weighted by molar-refractivity contribution is -0.328. The first-order valence-corrected chi connectivity index (χ1v) is 9.07. The summed E-state index contributed by atoms with van der Waals surface area (Å²) in [6, 6.07) is 1.33. The van der Waals surface area contributed by atoms with Crippen LogP contribution in [0.15, 0.2) is 16.7 Å². The Balaban J connectivity index is 1.79. The van der Waals surface area contributed by atoms with Gasteiger partial charge >= 0.3 is 11.8 Å². The second-order valence-corrected chi connectivity index (χ2v) is 7.54. The van der Waals surface area contributed by atoms with Crippen LogP contribution in [0.1, 0.15) is 44.5 Å². The lowest BCUT2D eigenvalue weighted by atomic mass is 9.81. The number of ketones is 1. The monoisotopic (exact) mass is 418 g/mol. The molecule has 0 unspecified atom stereocenters. The van der Waals surface area contributed by atoms with Crippen molar-refractivity contribution in [3.05, 3.63) is 40.3 Å². The molecular formula is C20H18O10. The van der Waals surface area contributed by atoms with E-state index in [0.29, 0.717) is 11.3 Å². The molecule has 2 aliphatic heterocycles. The Morgan fingerprint density at radius 2 is 1.83 bits per heavy atom. The van der Waals surface area contributed by atoms with Gasteiger partial charge in [0.1, 0.15) is 5.76 Å². The number of carbonyl (C=O) groups is 2. The molecule has 10 heteroatoms. The third-order valence-electron chi connectivity index (χ3n) is 5.77. The van der Waals surface area contributed by atoms with Gasteiger partial charge < -0.3 is 38.3 Å². The molecule has 2 N–H and O–H groups in total. The highest BCUT2D eigenvalue weighted by atomic mass is 16.8. The van der Waals surface area contributed by atoms with Crippen LogP contribution in [0.25, 0.3) is 0 Å². The number of cyclic esters (lactones) is 1. The van der Waals surface area contributed by atoms with Crippen molar-refractivity contribution < 1.29 is 47.9 Å². The highest BCUT2D eigenvalue weighted by molar-refractivity contribution is 6.06. The smallest absolute Gasteiger partial charge is 0.341 e. The average Bonchev–Trinajstić information content (AvgIpc) is 3.16. The Hall–Kier alpha value is -3.08. The maximum Gasteiger partial charge on any atom is 0.341 e. The molecule has 10 nitrogen and oxygen atoms in total. The molecule has 158 valence electrons. The molecule has 0 fully saturated rings. The number of rotatable bonds is 2. The molecule has 2 aromatic rings. The van der Waals surface area contributed by atoms with E-state index in [9.17, 15) is 19.8 Å². The van der Waals surface area contributed by atoms with E-state index >= 15 is 0 Å². The number of benzene rings is 1. The molecule has 1 aromatic carbocycles. The van der Waals surface area contributed by atoms with Crippen LogP contribution in [0.4, 0.5) is 0 Å². The van der Waals surface area contributed by atoms with Crippen LogP contribution in [-0.2, 0) is 21.7 Å². The summed E-state index contributed by atoms with van der Waals surface area (Å²) in [4.78, 5) is 25.6. The molecule has 5 rings (SSSR count). The molecule has 1 aromatic heterocycles. The third-order valence-corrected chi connectivity index (χ3v) is 5.77. The van der Waals surface area contributed by atoms with Gasteiger partial charge in [-0.25, -0.2) is 4.79 Å². The van der Waals surface area contributed by atoms with Gasteiger partial charge in [0, 0.05) is 26.0 Å². The summed E-state index contributed by atoms with van der Waals surface area (Å²) < 4.78 is 33.0. The predicted octanol–water partition coefficient (Wildman–Crippen LogP) is 1.17. The fourth-order valence-corrected chi connectivity index (χ4v) is 4.32. The summed E-state index contributed by atoms with van der Waals surface area (Å²) in [6.07, 6.45) is 1.31. The SMILES string of the molecule is COc1cc2c(c3c1O[C@]1(OC)Cc4coc(C)c4C(=O)[C@@]1(O)O3)[C@@](C)(O)OC2=O. The van der Waals surface area contributed by atoms with Crippen LogP contribution in [0.3, 0.4) is 0 Å². The van der Waals surface area contributed by atoms with Crippen LogP contribution in [0, 0.1) is 6.92 Å². The first kappa shape index (κ1) is 18.9. The summed E-state index contributed by atoms with van der Waals surface area (Å²) >= 11 is 0. The predicted molar refractivity (Wildman–Crippen MR) is 95.4 cm³/mol. The van der Waals surface area contributed by atoms with E-state index in [1.54, 1.807) is 6.92 Å². The number of methoxy groups -OCH3 is 2. The molecule has 0 bridgehead atoms. The quantitative estimate of drug-likeness (QED) is 0.685. The minimum Gasteiger partial charge on any atom is -0.493 e. The number of carbonyl (C=O) groups excluding carboxylic acids is 2. The van der Waals surface area contributed by atoms with E-state index < -0.39 is 29.1 Å². The second kappa shape index (κ2) is 5.54. The molecule has 3 aliphatic rings. The van der Waals surface area contributed by atoms with Crippen molar-refractivity contribution in [3.8, 4) is 17.2 Å². The van der Waals surface area contributed by atoms with Crippen molar-refractivity contribution in [1.29, 1.82) is 0 Å². The van der Waals surface area contributed by atoms with Gasteiger partial charge in [-0.1, -0.05) is 0 Å². The number of Topliss-reactive ketones (excluding diaryl/α,β-unsaturated/α-hetero) is 1. The number of fused-ring (bicyclic) bond motifs is 5. The van der Waals surface area contributed by atoms with Crippen molar-refractivity contribution in [2.45, 2.75) is 37.6 Å². The zero-order valence-electron chi connectivity index (χ0n) is 16.5. The molecule has 1 aliphatic carbocycles. The van der Waals surface area contributed by atoms with Gasteiger partial charge in [-0.15, -0.1) is 0 Å². The van der Waals surface area contributed by atoms with Crippen molar-refractivity contribution >= 4 is 11.8 Å². The average molecular weight is 418 g/mol. The highest BCUT2D eigenvalue weighted by Crippen LogP contribution is 2.57. The van der Waals surface area contributed by atoms with Gasteiger partial charge in [-0.2, -0.15) is 0 Å². The lowest BCUT2D eigenvalue weighted by Gasteiger charge is -2.49. The number of esters is 1. The lowest BCUT2D eigenvalue weighted by Crippen LogP contribution is -2.71. The number of hydrogen-bond acceptors (Lipinski definition) is 10. The van der Waals surface area contributed by atoms with E-state index in [1.165, 1.54) is 33.5 Å². The summed E-state index contributed by atoms with van der Waals surface area (Å²) in [6.45, 7) is 2.81. The van der Waals surface area contributed by atoms with E-state index in [1.807, 2.05) is 0 Å². The first-order chi connectivity index (χ1) is 14.1. The Labute approximate surface area is 169 Å². The molecule has 3 heterocycles. The van der Waals surface area contributed by atoms with Crippen molar-refractivity contribution in [3.63, 3.8) is 0 Å². The van der Waals surface area contributed by atoms with Gasteiger partial charge in [0.15, 0.2) is 11.5 Å². The van der Waals surface area contributed by atoms with Crippen molar-refractivity contribution in [1.82, 2.24) is 0 Å². The molecule has 0 amide bonds. The van der Waals surface area contributed by atoms with Crippen LogP contribution in [0.2, 0.25) is 0 Å². The number of aliphatic hydroxyl groups is 2. The van der Waals surface area contributed by atoms with Crippen LogP contribution < -0.4 is 14.2 Å². The zero-order chi connectivity index (χ0) is 21.6. The highest BCUT2D eigenvalue weighted by Gasteiger charge is 2.69. The third kappa shape index (κ3) is 2.02. The van der Waals surface area contributed by atoms with Crippen LogP contribution >= 0.6 is 0 Å². The summed E-state index contributed by atoms with van der Waals surface area (Å²) in [5.74, 6) is -8.31. The zero-order valence-corrected chi connectivity index (χ0v) is 16.5. The standard InChI is InChI=1S/C20H18O10/c1-8-12-9(7-27-8)6-19(26-4)20(24,16(12)21)29-15-13-10(17(22)30-18(13,2)23)5-11(25-3)14(15)28-19/h5,7,23-24H,6H2,1-4H3/t18-,19+,20+/m0/s1. The Bertz CT molecular complexity index is 1130. The molecule has 0 saturated carbocycles. The van der Waals surface area contributed by atoms with Crippen molar-refractivity contribution in [2.75, 3.05) is 14.2 Å². The number of ether oxygens (including phenoxy) is 5. The maximum atomic E-state index is 13.3. The largest absolute Gasteiger partial charge is 0.493 e. The Kier molecular flexibility index (Phi) is 3.49. The second-order valence-electron chi connectivity index (χ2n) is 7.54. The number of furan rings is 1. The van der Waals surface area contributed by atoms with E-state index in [0.717, 1.165) is 0 Å². The van der Waals surface area contributed by atoms with E-state index in [4.69, 9.17) is 28.1 Å². The topological polar surface area (TPSA) is 134 Å². The molecular weight excluding hydrogens is 400 g/mol. The summed E-state index contributed by atoms with van der Waals surface area (Å²) in [7, 11) is 2.60. The van der Waals surface area contributed by atoms with E-state index in [2.05, 4.69) is 0 Å². The van der Waals surface area contributed by atoms with Gasteiger partial charge in [-0.05, 0) is 13.0 Å². The summed E-state index contributed by atoms with van der Waals surface area (Å²) in [5.41, 5.74) is 0.484. The Morgan fingerprint density at radius 3 is 2.50 bits per heavy atom. The normalized spacial score (nSPS) is 31.0. The van der Waals surface area contributed by atoms with Gasteiger partial charge in [0.05, 0.1) is 30.1 Å². The first-order valence-electron chi connectivity index (χ1n) is 9.07. The van der Waals surface area contributed by atoms with Crippen LogP contribution in [-0.4, -0.2) is 47.8 Å². The minimum atomic E-state index is -2.64. The summed E-state index contributed by atoms with van der Waals surface area (Å²) in [5, 5.41) is 22.1. The molecule has 0 spiro atoms. The fourth-order valence-electron chi connectivity index (χ4n) is 4.32. The number of aryl methyl sites for hydroxylation is 1. The van der Waals surface area contributed by atoms with Crippen molar-refractivity contribution in [2.24, 2.45) is 0 Å². The molecule has 30 heavy (non-hydrogen) atoms. The maximum absolute atomic E-state index is 13.3. The van der Waals surface area contributed by atoms with E-state index in [-0.39, 0.29) is 40.4 Å². The van der Waals surface area contributed by atoms with Gasteiger partial charge in [0.2, 0.25) is 17.3 Å². The molecule has 0 saturated heterocycles. The fraction of sp³-hybridized carbons (Fsp3) is 0.400. The van der Waals surface area contributed by atoms with Crippen LogP contribution in [0.5, 0.6) is 17.2 Å². The molecule has 3 atom stereocenters. The van der Waals surface area contributed by atoms with Gasteiger partial charge in [0.25, 0.3) is 5.79 Å².